The van der Waals surface area contributed by atoms with Crippen LogP contribution in [-0.2, 0) is 11.3 Å². The molecule has 0 fully saturated rings. The third-order valence-electron chi connectivity index (χ3n) is 4.53. The predicted octanol–water partition coefficient (Wildman–Crippen LogP) is 3.75. The quantitative estimate of drug-likeness (QED) is 0.874. The summed E-state index contributed by atoms with van der Waals surface area (Å²) in [6.45, 7) is 2.90. The monoisotopic (exact) mass is 304 g/mol. The van der Waals surface area contributed by atoms with E-state index in [4.69, 9.17) is 0 Å². The number of aryl methyl sites for hydroxylation is 1. The zero-order valence-corrected chi connectivity index (χ0v) is 13.2. The van der Waals surface area contributed by atoms with E-state index in [0.717, 1.165) is 36.1 Å². The first-order chi connectivity index (χ1) is 10.2. The van der Waals surface area contributed by atoms with Crippen LogP contribution in [0.5, 0.6) is 0 Å². The second-order valence-electron chi connectivity index (χ2n) is 5.57. The molecule has 2 aromatic rings. The number of carbonyl (C=O) groups is 1. The molecule has 5 heteroatoms. The molecule has 0 radical (unpaired) electrons. The summed E-state index contributed by atoms with van der Waals surface area (Å²) in [4.78, 5) is 17.3. The lowest BCUT2D eigenvalue weighted by atomic mass is 9.82. The lowest BCUT2D eigenvalue weighted by Crippen LogP contribution is -2.26. The van der Waals surface area contributed by atoms with Crippen LogP contribution in [-0.4, -0.2) is 26.9 Å². The van der Waals surface area contributed by atoms with Crippen molar-refractivity contribution < 1.29 is 9.90 Å². The lowest BCUT2D eigenvalue weighted by molar-refractivity contribution is -0.142. The largest absolute Gasteiger partial charge is 0.481 e. The molecule has 3 heterocycles. The maximum Gasteiger partial charge on any atom is 0.307 e. The van der Waals surface area contributed by atoms with Gasteiger partial charge < -0.3 is 9.67 Å². The highest BCUT2D eigenvalue weighted by Crippen LogP contribution is 2.40. The van der Waals surface area contributed by atoms with Crippen molar-refractivity contribution >= 4 is 28.8 Å². The molecule has 1 N–H and O–H groups in total. The number of nitrogens with zero attached hydrogens (tertiary/aromatic N) is 2. The number of thioether (sulfide) groups is 1. The maximum absolute atomic E-state index is 11.5. The van der Waals surface area contributed by atoms with Gasteiger partial charge in [0.2, 0.25) is 0 Å². The minimum atomic E-state index is -0.681. The Bertz CT molecular complexity index is 680. The molecule has 1 aliphatic rings. The second-order valence-corrected chi connectivity index (χ2v) is 6.42. The second kappa shape index (κ2) is 5.72. The first-order valence-corrected chi connectivity index (χ1v) is 8.64. The average Bonchev–Trinajstić information content (AvgIpc) is 2.87. The number of aromatic nitrogens is 2. The van der Waals surface area contributed by atoms with Crippen LogP contribution in [0.25, 0.3) is 11.0 Å². The Hall–Kier alpha value is -1.49. The number of fused-ring (bicyclic) bond motifs is 3. The third-order valence-corrected chi connectivity index (χ3v) is 5.32. The van der Waals surface area contributed by atoms with Crippen molar-refractivity contribution in [2.24, 2.45) is 5.92 Å². The molecule has 21 heavy (non-hydrogen) atoms. The summed E-state index contributed by atoms with van der Waals surface area (Å²) in [5.41, 5.74) is 2.15. The van der Waals surface area contributed by atoms with Gasteiger partial charge in [-0.15, -0.1) is 11.8 Å². The Kier molecular flexibility index (Phi) is 3.93. The van der Waals surface area contributed by atoms with Crippen LogP contribution < -0.4 is 0 Å². The topological polar surface area (TPSA) is 55.1 Å². The fraction of sp³-hybridized carbons (Fsp3) is 0.500. The minimum Gasteiger partial charge on any atom is -0.481 e. The molecule has 0 saturated heterocycles. The molecule has 0 aliphatic carbocycles. The molecular formula is C16H20N2O2S. The van der Waals surface area contributed by atoms with E-state index in [0.29, 0.717) is 6.42 Å². The highest BCUT2D eigenvalue weighted by Gasteiger charge is 2.33. The first kappa shape index (κ1) is 14.4. The van der Waals surface area contributed by atoms with E-state index in [9.17, 15) is 9.90 Å². The summed E-state index contributed by atoms with van der Waals surface area (Å²) in [6.07, 6.45) is 6.56. The van der Waals surface area contributed by atoms with Crippen LogP contribution in [0, 0.1) is 5.92 Å². The summed E-state index contributed by atoms with van der Waals surface area (Å²) in [5.74, 6) is -0.879. The SMILES string of the molecule is CCC(C(=O)O)C1CCCn2c1cc1c(SC)ccnc12. The van der Waals surface area contributed by atoms with Crippen LogP contribution in [0.1, 0.15) is 37.8 Å². The summed E-state index contributed by atoms with van der Waals surface area (Å²) in [6, 6.07) is 4.20. The molecule has 0 aromatic carbocycles. The Morgan fingerprint density at radius 1 is 1.62 bits per heavy atom. The van der Waals surface area contributed by atoms with Gasteiger partial charge in [-0.2, -0.15) is 0 Å². The lowest BCUT2D eigenvalue weighted by Gasteiger charge is -2.29. The van der Waals surface area contributed by atoms with Gasteiger partial charge in [-0.25, -0.2) is 4.98 Å². The number of aliphatic carboxylic acids is 1. The van der Waals surface area contributed by atoms with Gasteiger partial charge in [-0.1, -0.05) is 6.92 Å². The molecule has 1 aliphatic heterocycles. The number of hydrogen-bond acceptors (Lipinski definition) is 3. The molecule has 2 unspecified atom stereocenters. The molecule has 0 spiro atoms. The fourth-order valence-electron chi connectivity index (χ4n) is 3.52. The van der Waals surface area contributed by atoms with E-state index in [1.54, 1.807) is 11.8 Å². The van der Waals surface area contributed by atoms with Crippen molar-refractivity contribution in [1.82, 2.24) is 9.55 Å². The predicted molar refractivity (Wildman–Crippen MR) is 84.9 cm³/mol. The summed E-state index contributed by atoms with van der Waals surface area (Å²) in [5, 5.41) is 10.7. The van der Waals surface area contributed by atoms with E-state index in [2.05, 4.69) is 21.9 Å². The van der Waals surface area contributed by atoms with Crippen LogP contribution in [0.15, 0.2) is 23.2 Å². The summed E-state index contributed by atoms with van der Waals surface area (Å²) in [7, 11) is 0. The molecule has 2 aromatic heterocycles. The maximum atomic E-state index is 11.5. The molecule has 112 valence electrons. The Morgan fingerprint density at radius 3 is 3.10 bits per heavy atom. The number of hydrogen-bond donors (Lipinski definition) is 1. The Balaban J connectivity index is 2.15. The van der Waals surface area contributed by atoms with Gasteiger partial charge in [0.25, 0.3) is 0 Å². The van der Waals surface area contributed by atoms with Crippen molar-refractivity contribution in [3.8, 4) is 0 Å². The standard InChI is InChI=1S/C16H20N2O2S/c1-3-10(16(19)20)11-5-4-8-18-13(11)9-12-14(21-2)6-7-17-15(12)18/h6-7,9-11H,3-5,8H2,1-2H3,(H,19,20). The van der Waals surface area contributed by atoms with Crippen LogP contribution in [0.4, 0.5) is 0 Å². The van der Waals surface area contributed by atoms with Gasteiger partial charge in [0, 0.05) is 34.6 Å². The van der Waals surface area contributed by atoms with Crippen molar-refractivity contribution in [2.75, 3.05) is 6.26 Å². The van der Waals surface area contributed by atoms with Gasteiger partial charge >= 0.3 is 5.97 Å². The van der Waals surface area contributed by atoms with E-state index in [-0.39, 0.29) is 11.8 Å². The average molecular weight is 304 g/mol. The highest BCUT2D eigenvalue weighted by molar-refractivity contribution is 7.98. The molecule has 0 saturated carbocycles. The molecule has 3 rings (SSSR count). The minimum absolute atomic E-state index is 0.102. The van der Waals surface area contributed by atoms with Crippen molar-refractivity contribution in [3.63, 3.8) is 0 Å². The third kappa shape index (κ3) is 2.33. The number of carboxylic acid groups (broad SMARTS) is 1. The van der Waals surface area contributed by atoms with Gasteiger partial charge in [0.05, 0.1) is 5.92 Å². The number of rotatable bonds is 4. The molecular weight excluding hydrogens is 284 g/mol. The normalized spacial score (nSPS) is 19.4. The van der Waals surface area contributed by atoms with Crippen LogP contribution in [0.2, 0.25) is 0 Å². The first-order valence-electron chi connectivity index (χ1n) is 7.42. The van der Waals surface area contributed by atoms with Gasteiger partial charge in [-0.05, 0) is 37.7 Å². The summed E-state index contributed by atoms with van der Waals surface area (Å²) >= 11 is 1.71. The molecule has 4 nitrogen and oxygen atoms in total. The van der Waals surface area contributed by atoms with Crippen molar-refractivity contribution in [2.45, 2.75) is 43.5 Å². The highest BCUT2D eigenvalue weighted by atomic mass is 32.2. The smallest absolute Gasteiger partial charge is 0.307 e. The Labute approximate surface area is 128 Å². The summed E-state index contributed by atoms with van der Waals surface area (Å²) < 4.78 is 2.23. The van der Waals surface area contributed by atoms with Gasteiger partial charge in [-0.3, -0.25) is 4.79 Å². The fourth-order valence-corrected chi connectivity index (χ4v) is 4.09. The zero-order chi connectivity index (χ0) is 15.0. The van der Waals surface area contributed by atoms with E-state index >= 15 is 0 Å². The van der Waals surface area contributed by atoms with Crippen LogP contribution >= 0.6 is 11.8 Å². The molecule has 2 atom stereocenters. The van der Waals surface area contributed by atoms with Gasteiger partial charge in [0.1, 0.15) is 5.65 Å². The zero-order valence-electron chi connectivity index (χ0n) is 12.4. The van der Waals surface area contributed by atoms with Crippen molar-refractivity contribution in [1.29, 1.82) is 0 Å². The number of carboxylic acids is 1. The van der Waals surface area contributed by atoms with E-state index < -0.39 is 5.97 Å². The van der Waals surface area contributed by atoms with E-state index in [1.807, 2.05) is 19.2 Å². The van der Waals surface area contributed by atoms with E-state index in [1.165, 1.54) is 4.90 Å². The van der Waals surface area contributed by atoms with Crippen molar-refractivity contribution in [3.05, 3.63) is 24.0 Å². The molecule has 0 bridgehead atoms. The van der Waals surface area contributed by atoms with Crippen LogP contribution in [0.3, 0.4) is 0 Å². The Morgan fingerprint density at radius 2 is 2.43 bits per heavy atom. The molecule has 0 amide bonds. The number of pyridine rings is 1. The van der Waals surface area contributed by atoms with Gasteiger partial charge in [0.15, 0.2) is 0 Å².